The number of hydrogen-bond donors (Lipinski definition) is 1. The highest BCUT2D eigenvalue weighted by Gasteiger charge is 2.69. The molecule has 9 atom stereocenters. The maximum absolute atomic E-state index is 12.8. The van der Waals surface area contributed by atoms with Crippen molar-refractivity contribution in [3.63, 3.8) is 0 Å². The fraction of sp³-hybridized carbons (Fsp3) is 0.871. The number of fused-ring (bicyclic) bond motifs is 7. The van der Waals surface area contributed by atoms with Gasteiger partial charge in [-0.05, 0) is 110 Å². The molecule has 0 aromatic carbocycles. The van der Waals surface area contributed by atoms with Gasteiger partial charge < -0.3 is 9.90 Å². The number of aldehydes is 1. The lowest BCUT2D eigenvalue weighted by Gasteiger charge is -2.71. The second-order valence-electron chi connectivity index (χ2n) is 15.1. The molecule has 34 heavy (non-hydrogen) atoms. The highest BCUT2D eigenvalue weighted by molar-refractivity contribution is 5.76. The van der Waals surface area contributed by atoms with Crippen molar-refractivity contribution >= 4 is 12.3 Å². The Morgan fingerprint density at radius 3 is 2.26 bits per heavy atom. The van der Waals surface area contributed by atoms with Crippen molar-refractivity contribution in [1.29, 1.82) is 0 Å². The summed E-state index contributed by atoms with van der Waals surface area (Å²) in [6.45, 7) is 16.8. The zero-order valence-corrected chi connectivity index (χ0v) is 22.8. The van der Waals surface area contributed by atoms with E-state index in [2.05, 4.69) is 54.5 Å². The zero-order valence-electron chi connectivity index (χ0n) is 22.8. The Labute approximate surface area is 207 Å². The molecule has 0 spiro atoms. The van der Waals surface area contributed by atoms with Crippen LogP contribution in [0.4, 0.5) is 0 Å². The summed E-state index contributed by atoms with van der Waals surface area (Å²) in [5, 5.41) is 10.5. The molecule has 4 saturated carbocycles. The third kappa shape index (κ3) is 2.82. The third-order valence-corrected chi connectivity index (χ3v) is 13.5. The SMILES string of the molecule is C[C@H]1CCC2(C)C3CC=C4C5CC(C)(C)CC[C@]5(C(=O)O)CC[C@@]4(C)[C@@]3(C)CC[C@H]2[C@@]1(C)C=O. The number of allylic oxidation sites excluding steroid dienone is 2. The molecule has 0 aromatic rings. The molecule has 5 rings (SSSR count). The quantitative estimate of drug-likeness (QED) is 0.334. The molecule has 0 saturated heterocycles. The first-order valence-electron chi connectivity index (χ1n) is 14.1. The summed E-state index contributed by atoms with van der Waals surface area (Å²) in [6, 6.07) is 0. The first kappa shape index (κ1) is 24.6. The lowest BCUT2D eigenvalue weighted by atomic mass is 9.33. The summed E-state index contributed by atoms with van der Waals surface area (Å²) in [7, 11) is 0. The number of rotatable bonds is 2. The van der Waals surface area contributed by atoms with Crippen molar-refractivity contribution in [2.75, 3.05) is 0 Å². The summed E-state index contributed by atoms with van der Waals surface area (Å²) < 4.78 is 0. The predicted molar refractivity (Wildman–Crippen MR) is 136 cm³/mol. The number of aliphatic carboxylic acids is 1. The minimum absolute atomic E-state index is 0.0571. The second-order valence-corrected chi connectivity index (χ2v) is 15.1. The van der Waals surface area contributed by atoms with E-state index in [-0.39, 0.29) is 33.0 Å². The fourth-order valence-electron chi connectivity index (χ4n) is 10.7. The average molecular weight is 469 g/mol. The normalized spacial score (nSPS) is 53.9. The first-order chi connectivity index (χ1) is 15.7. The predicted octanol–water partition coefficient (Wildman–Crippen LogP) is 7.69. The topological polar surface area (TPSA) is 54.4 Å². The van der Waals surface area contributed by atoms with Gasteiger partial charge in [0.25, 0.3) is 0 Å². The summed E-state index contributed by atoms with van der Waals surface area (Å²) in [4.78, 5) is 25.2. The van der Waals surface area contributed by atoms with E-state index in [1.165, 1.54) is 18.3 Å². The largest absolute Gasteiger partial charge is 0.481 e. The summed E-state index contributed by atoms with van der Waals surface area (Å²) in [5.41, 5.74) is 1.31. The van der Waals surface area contributed by atoms with Crippen molar-refractivity contribution < 1.29 is 14.7 Å². The maximum Gasteiger partial charge on any atom is 0.310 e. The molecular formula is C31H48O3. The van der Waals surface area contributed by atoms with Crippen LogP contribution in [0.2, 0.25) is 0 Å². The van der Waals surface area contributed by atoms with E-state index in [4.69, 9.17) is 0 Å². The van der Waals surface area contributed by atoms with Gasteiger partial charge in [0.15, 0.2) is 0 Å². The standard InChI is InChI=1S/C31H48O3/c1-20-10-12-27(4)23(28(20,5)19-32)11-13-30(7)24(27)9-8-21-22-18-26(2,3)14-16-31(22,25(33)34)17-15-29(21,30)6/h8,19-20,22-24H,9-18H2,1-7H3,(H,33,34)/t20-,22?,23+,24?,27?,28-,29+,30-,31-/m0/s1. The van der Waals surface area contributed by atoms with Crippen LogP contribution in [0.3, 0.4) is 0 Å². The smallest absolute Gasteiger partial charge is 0.310 e. The Balaban J connectivity index is 1.60. The molecule has 5 aliphatic rings. The minimum atomic E-state index is -0.568. The molecule has 0 amide bonds. The number of hydrogen-bond acceptors (Lipinski definition) is 2. The lowest BCUT2D eigenvalue weighted by Crippen LogP contribution is -2.64. The van der Waals surface area contributed by atoms with Gasteiger partial charge in [-0.15, -0.1) is 0 Å². The van der Waals surface area contributed by atoms with Crippen LogP contribution in [0.25, 0.3) is 0 Å². The van der Waals surface area contributed by atoms with Crippen LogP contribution in [0.1, 0.15) is 113 Å². The van der Waals surface area contributed by atoms with Gasteiger partial charge in [-0.2, -0.15) is 0 Å². The van der Waals surface area contributed by atoms with E-state index in [0.717, 1.165) is 57.8 Å². The molecule has 3 nitrogen and oxygen atoms in total. The van der Waals surface area contributed by atoms with Gasteiger partial charge in [0.05, 0.1) is 5.41 Å². The number of carbonyl (C=O) groups is 2. The monoisotopic (exact) mass is 468 g/mol. The van der Waals surface area contributed by atoms with Crippen LogP contribution in [-0.2, 0) is 9.59 Å². The van der Waals surface area contributed by atoms with Crippen molar-refractivity contribution in [1.82, 2.24) is 0 Å². The van der Waals surface area contributed by atoms with Crippen LogP contribution in [0.5, 0.6) is 0 Å². The summed E-state index contributed by atoms with van der Waals surface area (Å²) in [5.74, 6) is 1.08. The molecule has 0 aliphatic heterocycles. The molecule has 0 heterocycles. The summed E-state index contributed by atoms with van der Waals surface area (Å²) >= 11 is 0. The van der Waals surface area contributed by atoms with Crippen LogP contribution < -0.4 is 0 Å². The van der Waals surface area contributed by atoms with Gasteiger partial charge >= 0.3 is 5.97 Å². The molecular weight excluding hydrogens is 420 g/mol. The van der Waals surface area contributed by atoms with Gasteiger partial charge in [-0.25, -0.2) is 0 Å². The number of carboxylic acids is 1. The Kier molecular flexibility index (Phi) is 5.22. The number of carboxylic acid groups (broad SMARTS) is 1. The molecule has 190 valence electrons. The molecule has 1 N–H and O–H groups in total. The van der Waals surface area contributed by atoms with Gasteiger partial charge in [0.2, 0.25) is 0 Å². The first-order valence-corrected chi connectivity index (χ1v) is 14.1. The van der Waals surface area contributed by atoms with Gasteiger partial charge in [-0.3, -0.25) is 4.79 Å². The summed E-state index contributed by atoms with van der Waals surface area (Å²) in [6.07, 6.45) is 14.2. The Morgan fingerprint density at radius 2 is 1.62 bits per heavy atom. The van der Waals surface area contributed by atoms with E-state index in [9.17, 15) is 14.7 Å². The molecule has 0 aromatic heterocycles. The van der Waals surface area contributed by atoms with Gasteiger partial charge in [0.1, 0.15) is 6.29 Å². The van der Waals surface area contributed by atoms with E-state index < -0.39 is 11.4 Å². The van der Waals surface area contributed by atoms with Crippen LogP contribution in [0.15, 0.2) is 11.6 Å². The van der Waals surface area contributed by atoms with Crippen LogP contribution in [0, 0.1) is 56.2 Å². The fourth-order valence-corrected chi connectivity index (χ4v) is 10.7. The average Bonchev–Trinajstić information content (AvgIpc) is 2.76. The molecule has 0 radical (unpaired) electrons. The zero-order chi connectivity index (χ0) is 24.9. The molecule has 0 bridgehead atoms. The second kappa shape index (κ2) is 7.22. The number of carbonyl (C=O) groups excluding carboxylic acids is 1. The molecule has 3 heteroatoms. The van der Waals surface area contributed by atoms with E-state index in [0.29, 0.717) is 17.8 Å². The van der Waals surface area contributed by atoms with E-state index in [1.54, 1.807) is 0 Å². The van der Waals surface area contributed by atoms with Crippen molar-refractivity contribution in [3.05, 3.63) is 11.6 Å². The Hall–Kier alpha value is -1.12. The molecule has 4 fully saturated rings. The van der Waals surface area contributed by atoms with Crippen molar-refractivity contribution in [2.45, 2.75) is 113 Å². The minimum Gasteiger partial charge on any atom is -0.481 e. The van der Waals surface area contributed by atoms with Crippen LogP contribution >= 0.6 is 0 Å². The maximum atomic E-state index is 12.8. The van der Waals surface area contributed by atoms with E-state index >= 15 is 0 Å². The van der Waals surface area contributed by atoms with Crippen molar-refractivity contribution in [3.8, 4) is 0 Å². The van der Waals surface area contributed by atoms with Crippen molar-refractivity contribution in [2.24, 2.45) is 56.2 Å². The van der Waals surface area contributed by atoms with Gasteiger partial charge in [0, 0.05) is 5.41 Å². The van der Waals surface area contributed by atoms with Gasteiger partial charge in [-0.1, -0.05) is 60.1 Å². The lowest BCUT2D eigenvalue weighted by molar-refractivity contribution is -0.195. The molecule has 5 aliphatic carbocycles. The van der Waals surface area contributed by atoms with E-state index in [1.807, 2.05) is 0 Å². The Bertz CT molecular complexity index is 933. The highest BCUT2D eigenvalue weighted by Crippen LogP contribution is 2.76. The molecule has 3 unspecified atom stereocenters. The highest BCUT2D eigenvalue weighted by atomic mass is 16.4. The third-order valence-electron chi connectivity index (χ3n) is 13.5. The van der Waals surface area contributed by atoms with Crippen LogP contribution in [-0.4, -0.2) is 17.4 Å². The Morgan fingerprint density at radius 1 is 0.941 bits per heavy atom.